The van der Waals surface area contributed by atoms with Crippen molar-refractivity contribution in [1.82, 2.24) is 10.2 Å². The number of rotatable bonds is 9. The Hall–Kier alpha value is -1.59. The number of aliphatic imine (C=N–C) groups is 1. The van der Waals surface area contributed by atoms with Crippen LogP contribution in [0.1, 0.15) is 51.0 Å². The Kier molecular flexibility index (Phi) is 9.11. The molecule has 0 atom stereocenters. The highest BCUT2D eigenvalue weighted by Gasteiger charge is 2.23. The quantitative estimate of drug-likeness (QED) is 0.397. The van der Waals surface area contributed by atoms with E-state index in [1.165, 1.54) is 31.2 Å². The fourth-order valence-corrected chi connectivity index (χ4v) is 4.09. The Labute approximate surface area is 170 Å². The molecule has 1 saturated heterocycles. The highest BCUT2D eigenvalue weighted by Crippen LogP contribution is 2.26. The van der Waals surface area contributed by atoms with Crippen LogP contribution in [0.2, 0.25) is 0 Å². The van der Waals surface area contributed by atoms with Crippen molar-refractivity contribution in [2.75, 3.05) is 39.4 Å². The fourth-order valence-electron chi connectivity index (χ4n) is 4.09. The molecule has 1 aromatic rings. The van der Waals surface area contributed by atoms with E-state index >= 15 is 0 Å². The minimum Gasteiger partial charge on any atom is -0.378 e. The summed E-state index contributed by atoms with van der Waals surface area (Å²) in [5.41, 5.74) is 1.21. The molecule has 5 nitrogen and oxygen atoms in total. The second-order valence-corrected chi connectivity index (χ2v) is 7.94. The van der Waals surface area contributed by atoms with E-state index in [1.54, 1.807) is 0 Å². The summed E-state index contributed by atoms with van der Waals surface area (Å²) in [6.45, 7) is 8.00. The molecule has 0 amide bonds. The summed E-state index contributed by atoms with van der Waals surface area (Å²) in [4.78, 5) is 7.14. The SMILES string of the molecule is CCNC(=NCCOCc1ccccc1)N1CCC(OCC2CCCC2)CC1. The maximum absolute atomic E-state index is 6.20. The molecular weight excluding hydrogens is 350 g/mol. The average molecular weight is 388 g/mol. The highest BCUT2D eigenvalue weighted by molar-refractivity contribution is 5.80. The lowest BCUT2D eigenvalue weighted by molar-refractivity contribution is 0.000990. The molecule has 156 valence electrons. The second-order valence-electron chi connectivity index (χ2n) is 7.94. The molecular formula is C23H37N3O2. The van der Waals surface area contributed by atoms with Crippen LogP contribution in [0.5, 0.6) is 0 Å². The molecule has 2 fully saturated rings. The Bertz CT molecular complexity index is 564. The van der Waals surface area contributed by atoms with E-state index in [0.29, 0.717) is 25.9 Å². The number of ether oxygens (including phenoxy) is 2. The van der Waals surface area contributed by atoms with Gasteiger partial charge in [-0.3, -0.25) is 4.99 Å². The van der Waals surface area contributed by atoms with Crippen LogP contribution < -0.4 is 5.32 Å². The lowest BCUT2D eigenvalue weighted by Crippen LogP contribution is -2.47. The number of benzene rings is 1. The zero-order valence-corrected chi connectivity index (χ0v) is 17.4. The van der Waals surface area contributed by atoms with E-state index in [-0.39, 0.29) is 0 Å². The van der Waals surface area contributed by atoms with Gasteiger partial charge in [-0.05, 0) is 44.1 Å². The highest BCUT2D eigenvalue weighted by atomic mass is 16.5. The van der Waals surface area contributed by atoms with Crippen LogP contribution >= 0.6 is 0 Å². The van der Waals surface area contributed by atoms with Gasteiger partial charge in [0.05, 0.1) is 25.9 Å². The van der Waals surface area contributed by atoms with Crippen molar-refractivity contribution in [3.8, 4) is 0 Å². The standard InChI is InChI=1S/C23H37N3O2/c1-2-24-23(25-14-17-27-18-20-8-4-3-5-9-20)26-15-12-22(13-16-26)28-19-21-10-6-7-11-21/h3-5,8-9,21-22H,2,6-7,10-19H2,1H3,(H,24,25). The van der Waals surface area contributed by atoms with Crippen LogP contribution in [0.4, 0.5) is 0 Å². The van der Waals surface area contributed by atoms with Gasteiger partial charge < -0.3 is 19.7 Å². The van der Waals surface area contributed by atoms with Crippen LogP contribution in [0.25, 0.3) is 0 Å². The molecule has 3 rings (SSSR count). The van der Waals surface area contributed by atoms with E-state index in [1.807, 2.05) is 18.2 Å². The molecule has 1 saturated carbocycles. The van der Waals surface area contributed by atoms with Crippen molar-refractivity contribution < 1.29 is 9.47 Å². The smallest absolute Gasteiger partial charge is 0.193 e. The maximum Gasteiger partial charge on any atom is 0.193 e. The lowest BCUT2D eigenvalue weighted by atomic mass is 10.1. The first kappa shape index (κ1) is 21.1. The predicted molar refractivity (Wildman–Crippen MR) is 115 cm³/mol. The lowest BCUT2D eigenvalue weighted by Gasteiger charge is -2.34. The van der Waals surface area contributed by atoms with Gasteiger partial charge in [-0.1, -0.05) is 43.2 Å². The zero-order chi connectivity index (χ0) is 19.4. The van der Waals surface area contributed by atoms with Crippen LogP contribution in [0.3, 0.4) is 0 Å². The van der Waals surface area contributed by atoms with Gasteiger partial charge in [-0.15, -0.1) is 0 Å². The van der Waals surface area contributed by atoms with Gasteiger partial charge in [-0.25, -0.2) is 0 Å². The molecule has 1 N–H and O–H groups in total. The minimum absolute atomic E-state index is 0.425. The monoisotopic (exact) mass is 387 g/mol. The first-order valence-electron chi connectivity index (χ1n) is 11.1. The van der Waals surface area contributed by atoms with Crippen molar-refractivity contribution in [3.63, 3.8) is 0 Å². The van der Waals surface area contributed by atoms with Gasteiger partial charge in [0.2, 0.25) is 0 Å². The number of nitrogens with one attached hydrogen (secondary N) is 1. The van der Waals surface area contributed by atoms with Gasteiger partial charge in [0.1, 0.15) is 0 Å². The molecule has 0 radical (unpaired) electrons. The maximum atomic E-state index is 6.20. The molecule has 0 aromatic heterocycles. The Morgan fingerprint density at radius 1 is 1.11 bits per heavy atom. The van der Waals surface area contributed by atoms with E-state index in [2.05, 4.69) is 29.3 Å². The Morgan fingerprint density at radius 3 is 2.57 bits per heavy atom. The van der Waals surface area contributed by atoms with Crippen LogP contribution in [-0.2, 0) is 16.1 Å². The molecule has 1 aromatic carbocycles. The molecule has 1 heterocycles. The number of hydrogen-bond acceptors (Lipinski definition) is 3. The topological polar surface area (TPSA) is 46.1 Å². The molecule has 1 aliphatic carbocycles. The van der Waals surface area contributed by atoms with Crippen LogP contribution in [-0.4, -0.2) is 56.4 Å². The Morgan fingerprint density at radius 2 is 1.86 bits per heavy atom. The average Bonchev–Trinajstić information content (AvgIpc) is 3.26. The van der Waals surface area contributed by atoms with E-state index in [0.717, 1.165) is 51.0 Å². The summed E-state index contributed by atoms with van der Waals surface area (Å²) in [5, 5.41) is 3.43. The van der Waals surface area contributed by atoms with Crippen LogP contribution in [0.15, 0.2) is 35.3 Å². The van der Waals surface area contributed by atoms with Crippen molar-refractivity contribution >= 4 is 5.96 Å². The van der Waals surface area contributed by atoms with Crippen LogP contribution in [0, 0.1) is 5.92 Å². The van der Waals surface area contributed by atoms with Gasteiger partial charge in [-0.2, -0.15) is 0 Å². The molecule has 2 aliphatic rings. The third-order valence-electron chi connectivity index (χ3n) is 5.73. The number of piperidine rings is 1. The summed E-state index contributed by atoms with van der Waals surface area (Å²) in [6.07, 6.45) is 8.14. The second kappa shape index (κ2) is 12.1. The molecule has 0 unspecified atom stereocenters. The van der Waals surface area contributed by atoms with Crippen molar-refractivity contribution in [2.45, 2.75) is 58.2 Å². The molecule has 5 heteroatoms. The minimum atomic E-state index is 0.425. The summed E-state index contributed by atoms with van der Waals surface area (Å²) in [6, 6.07) is 10.3. The Balaban J connectivity index is 1.35. The van der Waals surface area contributed by atoms with Gasteiger partial charge in [0.25, 0.3) is 0 Å². The summed E-state index contributed by atoms with van der Waals surface area (Å²) < 4.78 is 12.0. The normalized spacial score (nSPS) is 19.3. The first-order valence-corrected chi connectivity index (χ1v) is 11.1. The fraction of sp³-hybridized carbons (Fsp3) is 0.696. The van der Waals surface area contributed by atoms with E-state index < -0.39 is 0 Å². The number of guanidine groups is 1. The van der Waals surface area contributed by atoms with E-state index in [4.69, 9.17) is 14.5 Å². The molecule has 1 aliphatic heterocycles. The summed E-state index contributed by atoms with van der Waals surface area (Å²) in [5.74, 6) is 1.83. The van der Waals surface area contributed by atoms with Gasteiger partial charge in [0, 0.05) is 26.2 Å². The first-order chi connectivity index (χ1) is 13.8. The third kappa shape index (κ3) is 7.10. The largest absolute Gasteiger partial charge is 0.378 e. The number of hydrogen-bond donors (Lipinski definition) is 1. The van der Waals surface area contributed by atoms with Crippen molar-refractivity contribution in [1.29, 1.82) is 0 Å². The van der Waals surface area contributed by atoms with Gasteiger partial charge in [0.15, 0.2) is 5.96 Å². The molecule has 28 heavy (non-hydrogen) atoms. The predicted octanol–water partition coefficient (Wildman–Crippen LogP) is 3.84. The summed E-state index contributed by atoms with van der Waals surface area (Å²) >= 11 is 0. The van der Waals surface area contributed by atoms with Crippen molar-refractivity contribution in [3.05, 3.63) is 35.9 Å². The molecule has 0 spiro atoms. The van der Waals surface area contributed by atoms with Crippen molar-refractivity contribution in [2.24, 2.45) is 10.9 Å². The number of likely N-dealkylation sites (tertiary alicyclic amines) is 1. The molecule has 0 bridgehead atoms. The third-order valence-corrected chi connectivity index (χ3v) is 5.73. The van der Waals surface area contributed by atoms with E-state index in [9.17, 15) is 0 Å². The number of nitrogens with zero attached hydrogens (tertiary/aromatic N) is 2. The summed E-state index contributed by atoms with van der Waals surface area (Å²) in [7, 11) is 0. The van der Waals surface area contributed by atoms with Gasteiger partial charge >= 0.3 is 0 Å². The zero-order valence-electron chi connectivity index (χ0n) is 17.4.